The highest BCUT2D eigenvalue weighted by molar-refractivity contribution is 5.95. The molecule has 1 amide bonds. The first kappa shape index (κ1) is 11.9. The second-order valence-electron chi connectivity index (χ2n) is 3.46. The van der Waals surface area contributed by atoms with Gasteiger partial charge in [-0.05, 0) is 19.1 Å². The molecule has 0 saturated carbocycles. The van der Waals surface area contributed by atoms with Gasteiger partial charge in [0, 0.05) is 18.7 Å². The Kier molecular flexibility index (Phi) is 3.36. The number of carbonyl (C=O) groups is 1. The Balaban J connectivity index is 3.01. The second kappa shape index (κ2) is 4.53. The lowest BCUT2D eigenvalue weighted by atomic mass is 10.1. The fraction of sp³-hybridized carbons (Fsp3) is 0.273. The van der Waals surface area contributed by atoms with Crippen LogP contribution in [-0.4, -0.2) is 34.1 Å². The average molecular weight is 220 g/mol. The van der Waals surface area contributed by atoms with Crippen molar-refractivity contribution in [1.82, 2.24) is 4.90 Å². The zero-order valence-electron chi connectivity index (χ0n) is 9.01. The number of nitriles is 1. The maximum absolute atomic E-state index is 11.8. The van der Waals surface area contributed by atoms with Crippen LogP contribution in [0.1, 0.15) is 17.3 Å². The first-order valence-corrected chi connectivity index (χ1v) is 4.65. The van der Waals surface area contributed by atoms with Crippen LogP contribution in [0.25, 0.3) is 0 Å². The minimum atomic E-state index is -0.572. The van der Waals surface area contributed by atoms with Crippen LogP contribution in [0.5, 0.6) is 11.5 Å². The average Bonchev–Trinajstić information content (AvgIpc) is 2.24. The molecule has 0 spiro atoms. The quantitative estimate of drug-likeness (QED) is 0.781. The number of rotatable bonds is 2. The first-order chi connectivity index (χ1) is 7.45. The van der Waals surface area contributed by atoms with Crippen LogP contribution in [0.15, 0.2) is 18.2 Å². The summed E-state index contributed by atoms with van der Waals surface area (Å²) in [7, 11) is 1.48. The Morgan fingerprint density at radius 2 is 1.88 bits per heavy atom. The van der Waals surface area contributed by atoms with Gasteiger partial charge in [-0.25, -0.2) is 0 Å². The largest absolute Gasteiger partial charge is 0.508 e. The molecule has 1 aromatic rings. The van der Waals surface area contributed by atoms with E-state index in [2.05, 4.69) is 0 Å². The third-order valence-electron chi connectivity index (χ3n) is 2.24. The summed E-state index contributed by atoms with van der Waals surface area (Å²) in [5.74, 6) is -0.817. The van der Waals surface area contributed by atoms with Crippen molar-refractivity contribution in [2.24, 2.45) is 0 Å². The summed E-state index contributed by atoms with van der Waals surface area (Å²) in [6.45, 7) is 1.58. The lowest BCUT2D eigenvalue weighted by Gasteiger charge is -2.19. The molecule has 1 unspecified atom stereocenters. The normalized spacial score (nSPS) is 11.6. The minimum Gasteiger partial charge on any atom is -0.508 e. The molecule has 1 aromatic carbocycles. The SMILES string of the molecule is CC(C#N)N(C)C(=O)c1cc(O)cc(O)c1. The first-order valence-electron chi connectivity index (χ1n) is 4.65. The fourth-order valence-corrected chi connectivity index (χ4v) is 1.18. The van der Waals surface area contributed by atoms with Crippen molar-refractivity contribution in [2.45, 2.75) is 13.0 Å². The predicted octanol–water partition coefficient (Wildman–Crippen LogP) is 1.08. The van der Waals surface area contributed by atoms with Crippen LogP contribution in [-0.2, 0) is 0 Å². The second-order valence-corrected chi connectivity index (χ2v) is 3.46. The van der Waals surface area contributed by atoms with Gasteiger partial charge in [-0.1, -0.05) is 0 Å². The lowest BCUT2D eigenvalue weighted by Crippen LogP contribution is -2.33. The Labute approximate surface area is 93.2 Å². The van der Waals surface area contributed by atoms with E-state index in [0.29, 0.717) is 0 Å². The Morgan fingerprint density at radius 3 is 2.31 bits per heavy atom. The van der Waals surface area contributed by atoms with Gasteiger partial charge in [-0.2, -0.15) is 5.26 Å². The Bertz CT molecular complexity index is 431. The van der Waals surface area contributed by atoms with Crippen LogP contribution in [0, 0.1) is 11.3 Å². The predicted molar refractivity (Wildman–Crippen MR) is 56.9 cm³/mol. The molecule has 16 heavy (non-hydrogen) atoms. The molecule has 1 rings (SSSR count). The van der Waals surface area contributed by atoms with E-state index in [1.807, 2.05) is 6.07 Å². The van der Waals surface area contributed by atoms with Crippen molar-refractivity contribution in [3.8, 4) is 17.6 Å². The zero-order valence-corrected chi connectivity index (χ0v) is 9.01. The molecule has 0 fully saturated rings. The number of phenolic OH excluding ortho intramolecular Hbond substituents is 2. The van der Waals surface area contributed by atoms with Gasteiger partial charge < -0.3 is 15.1 Å². The number of hydrogen-bond donors (Lipinski definition) is 2. The highest BCUT2D eigenvalue weighted by atomic mass is 16.3. The number of carbonyl (C=O) groups excluding carboxylic acids is 1. The molecular weight excluding hydrogens is 208 g/mol. The lowest BCUT2D eigenvalue weighted by molar-refractivity contribution is 0.0772. The highest BCUT2D eigenvalue weighted by Gasteiger charge is 2.17. The van der Waals surface area contributed by atoms with Gasteiger partial charge >= 0.3 is 0 Å². The molecule has 0 saturated heterocycles. The van der Waals surface area contributed by atoms with Gasteiger partial charge in [0.2, 0.25) is 0 Å². The summed E-state index contributed by atoms with van der Waals surface area (Å²) in [4.78, 5) is 13.0. The van der Waals surface area contributed by atoms with Gasteiger partial charge in [0.1, 0.15) is 17.5 Å². The molecule has 2 N–H and O–H groups in total. The number of hydrogen-bond acceptors (Lipinski definition) is 4. The summed E-state index contributed by atoms with van der Waals surface area (Å²) in [5, 5.41) is 27.1. The summed E-state index contributed by atoms with van der Waals surface area (Å²) in [5.41, 5.74) is 0.141. The summed E-state index contributed by atoms with van der Waals surface area (Å²) < 4.78 is 0. The molecule has 0 aromatic heterocycles. The molecule has 5 nitrogen and oxygen atoms in total. The van der Waals surface area contributed by atoms with Crippen LogP contribution in [0.4, 0.5) is 0 Å². The van der Waals surface area contributed by atoms with Crippen molar-refractivity contribution in [3.05, 3.63) is 23.8 Å². The topological polar surface area (TPSA) is 84.6 Å². The van der Waals surface area contributed by atoms with E-state index in [4.69, 9.17) is 5.26 Å². The number of phenols is 2. The summed E-state index contributed by atoms with van der Waals surface area (Å²) in [6.07, 6.45) is 0. The van der Waals surface area contributed by atoms with Crippen LogP contribution >= 0.6 is 0 Å². The number of nitrogens with zero attached hydrogens (tertiary/aromatic N) is 2. The van der Waals surface area contributed by atoms with E-state index < -0.39 is 11.9 Å². The molecule has 5 heteroatoms. The standard InChI is InChI=1S/C11H12N2O3/c1-7(6-12)13(2)11(16)8-3-9(14)5-10(15)4-8/h3-5,7,14-15H,1-2H3. The van der Waals surface area contributed by atoms with E-state index in [9.17, 15) is 15.0 Å². The summed E-state index contributed by atoms with van der Waals surface area (Å²) in [6, 6.07) is 4.96. The minimum absolute atomic E-state index is 0.141. The maximum atomic E-state index is 11.8. The van der Waals surface area contributed by atoms with Crippen LogP contribution < -0.4 is 0 Å². The van der Waals surface area contributed by atoms with Crippen molar-refractivity contribution in [3.63, 3.8) is 0 Å². The Morgan fingerprint density at radius 1 is 1.38 bits per heavy atom. The van der Waals surface area contributed by atoms with E-state index in [0.717, 1.165) is 6.07 Å². The number of amides is 1. The van der Waals surface area contributed by atoms with Crippen molar-refractivity contribution >= 4 is 5.91 Å². The van der Waals surface area contributed by atoms with E-state index in [-0.39, 0.29) is 17.1 Å². The molecule has 0 aliphatic rings. The molecule has 0 radical (unpaired) electrons. The van der Waals surface area contributed by atoms with Crippen LogP contribution in [0.3, 0.4) is 0 Å². The fourth-order valence-electron chi connectivity index (χ4n) is 1.18. The molecule has 1 atom stereocenters. The molecule has 0 bridgehead atoms. The monoisotopic (exact) mass is 220 g/mol. The molecule has 84 valence electrons. The van der Waals surface area contributed by atoms with Crippen molar-refractivity contribution < 1.29 is 15.0 Å². The van der Waals surface area contributed by atoms with E-state index in [1.54, 1.807) is 6.92 Å². The summed E-state index contributed by atoms with van der Waals surface area (Å²) >= 11 is 0. The van der Waals surface area contributed by atoms with Crippen LogP contribution in [0.2, 0.25) is 0 Å². The van der Waals surface area contributed by atoms with Gasteiger partial charge in [-0.3, -0.25) is 4.79 Å². The molecule has 0 aliphatic heterocycles. The number of benzene rings is 1. The van der Waals surface area contributed by atoms with Crippen molar-refractivity contribution in [2.75, 3.05) is 7.05 Å². The van der Waals surface area contributed by atoms with Gasteiger partial charge in [0.05, 0.1) is 6.07 Å². The van der Waals surface area contributed by atoms with Gasteiger partial charge in [-0.15, -0.1) is 0 Å². The molecule has 0 heterocycles. The maximum Gasteiger partial charge on any atom is 0.254 e. The molecule has 0 aliphatic carbocycles. The smallest absolute Gasteiger partial charge is 0.254 e. The van der Waals surface area contributed by atoms with Gasteiger partial charge in [0.25, 0.3) is 5.91 Å². The Hall–Kier alpha value is -2.22. The van der Waals surface area contributed by atoms with E-state index in [1.165, 1.54) is 24.1 Å². The van der Waals surface area contributed by atoms with Gasteiger partial charge in [0.15, 0.2) is 0 Å². The van der Waals surface area contributed by atoms with E-state index >= 15 is 0 Å². The number of aromatic hydroxyl groups is 2. The highest BCUT2D eigenvalue weighted by Crippen LogP contribution is 2.21. The third kappa shape index (κ3) is 2.42. The molecular formula is C11H12N2O3. The zero-order chi connectivity index (χ0) is 12.3. The van der Waals surface area contributed by atoms with Crippen molar-refractivity contribution in [1.29, 1.82) is 5.26 Å². The third-order valence-corrected chi connectivity index (χ3v) is 2.24.